The molecule has 2 rings (SSSR count). The molecule has 0 atom stereocenters. The maximum Gasteiger partial charge on any atom is 0.0701 e. The summed E-state index contributed by atoms with van der Waals surface area (Å²) in [5.41, 5.74) is 8.91. The molecule has 0 unspecified atom stereocenters. The molecule has 90 valence electrons. The molecule has 0 saturated carbocycles. The predicted molar refractivity (Wildman–Crippen MR) is 80.0 cm³/mol. The van der Waals surface area contributed by atoms with Gasteiger partial charge in [0.15, 0.2) is 0 Å². The number of halogens is 2. The fourth-order valence-electron chi connectivity index (χ4n) is 1.66. The third kappa shape index (κ3) is 3.15. The van der Waals surface area contributed by atoms with Crippen LogP contribution in [0.25, 0.3) is 0 Å². The lowest BCUT2D eigenvalue weighted by Crippen LogP contribution is -2.17. The van der Waals surface area contributed by atoms with Crippen LogP contribution >= 0.6 is 38.9 Å². The van der Waals surface area contributed by atoms with Crippen LogP contribution in [0.3, 0.4) is 0 Å². The largest absolute Gasteiger partial charge is 0.397 e. The van der Waals surface area contributed by atoms with Crippen molar-refractivity contribution >= 4 is 50.2 Å². The van der Waals surface area contributed by atoms with Gasteiger partial charge in [-0.2, -0.15) is 0 Å². The van der Waals surface area contributed by atoms with Gasteiger partial charge in [-0.3, -0.25) is 0 Å². The first-order chi connectivity index (χ1) is 8.06. The molecule has 2 nitrogen and oxygen atoms in total. The molecule has 5 heteroatoms. The summed E-state index contributed by atoms with van der Waals surface area (Å²) in [7, 11) is 2.02. The van der Waals surface area contributed by atoms with Crippen LogP contribution in [0.2, 0.25) is 5.02 Å². The van der Waals surface area contributed by atoms with Crippen molar-refractivity contribution in [1.29, 1.82) is 0 Å². The minimum Gasteiger partial charge on any atom is -0.397 e. The zero-order chi connectivity index (χ0) is 12.4. The molecule has 0 fully saturated rings. The van der Waals surface area contributed by atoms with Crippen LogP contribution in [0.5, 0.6) is 0 Å². The van der Waals surface area contributed by atoms with Gasteiger partial charge < -0.3 is 10.6 Å². The summed E-state index contributed by atoms with van der Waals surface area (Å²) in [6.07, 6.45) is 0. The van der Waals surface area contributed by atoms with E-state index in [9.17, 15) is 0 Å². The van der Waals surface area contributed by atoms with Gasteiger partial charge in [0.25, 0.3) is 0 Å². The Bertz CT molecular complexity index is 527. The van der Waals surface area contributed by atoms with Crippen LogP contribution in [0.4, 0.5) is 11.4 Å². The summed E-state index contributed by atoms with van der Waals surface area (Å²) in [4.78, 5) is 2.11. The minimum atomic E-state index is 0.665. The minimum absolute atomic E-state index is 0.665. The SMILES string of the molecule is CN(Cc1csc(Br)c1)c1ccc(Cl)cc1N. The number of benzene rings is 1. The van der Waals surface area contributed by atoms with E-state index < -0.39 is 0 Å². The molecule has 0 amide bonds. The van der Waals surface area contributed by atoms with Gasteiger partial charge in [-0.25, -0.2) is 0 Å². The van der Waals surface area contributed by atoms with E-state index in [-0.39, 0.29) is 0 Å². The fraction of sp³-hybridized carbons (Fsp3) is 0.167. The Balaban J connectivity index is 2.17. The lowest BCUT2D eigenvalue weighted by Gasteiger charge is -2.20. The van der Waals surface area contributed by atoms with Crippen LogP contribution in [-0.4, -0.2) is 7.05 Å². The highest BCUT2D eigenvalue weighted by atomic mass is 79.9. The molecule has 17 heavy (non-hydrogen) atoms. The molecule has 0 bridgehead atoms. The summed E-state index contributed by atoms with van der Waals surface area (Å²) >= 11 is 11.0. The maximum atomic E-state index is 5.95. The maximum absolute atomic E-state index is 5.95. The summed E-state index contributed by atoms with van der Waals surface area (Å²) in [5.74, 6) is 0. The smallest absolute Gasteiger partial charge is 0.0701 e. The highest BCUT2D eigenvalue weighted by Crippen LogP contribution is 2.28. The summed E-state index contributed by atoms with van der Waals surface area (Å²) < 4.78 is 1.14. The molecule has 2 N–H and O–H groups in total. The normalized spacial score (nSPS) is 10.5. The van der Waals surface area contributed by atoms with Crippen LogP contribution in [0.15, 0.2) is 33.4 Å². The van der Waals surface area contributed by atoms with E-state index in [2.05, 4.69) is 32.3 Å². The lowest BCUT2D eigenvalue weighted by atomic mass is 10.2. The topological polar surface area (TPSA) is 29.3 Å². The van der Waals surface area contributed by atoms with E-state index in [0.717, 1.165) is 16.0 Å². The Labute approximate surface area is 118 Å². The van der Waals surface area contributed by atoms with Gasteiger partial charge >= 0.3 is 0 Å². The quantitative estimate of drug-likeness (QED) is 0.846. The van der Waals surface area contributed by atoms with Gasteiger partial charge in [-0.1, -0.05) is 11.6 Å². The van der Waals surface area contributed by atoms with E-state index in [1.807, 2.05) is 19.2 Å². The third-order valence-corrected chi connectivity index (χ3v) is 4.23. The van der Waals surface area contributed by atoms with Gasteiger partial charge in [0.1, 0.15) is 0 Å². The Kier molecular flexibility index (Phi) is 3.97. The molecule has 1 aromatic heterocycles. The van der Waals surface area contributed by atoms with E-state index >= 15 is 0 Å². The molecular weight excluding hydrogens is 320 g/mol. The van der Waals surface area contributed by atoms with E-state index in [1.165, 1.54) is 5.56 Å². The lowest BCUT2D eigenvalue weighted by molar-refractivity contribution is 0.929. The highest BCUT2D eigenvalue weighted by Gasteiger charge is 2.07. The monoisotopic (exact) mass is 330 g/mol. The second kappa shape index (κ2) is 5.29. The Hall–Kier alpha value is -0.710. The zero-order valence-electron chi connectivity index (χ0n) is 9.28. The standard InChI is InChI=1S/C12H12BrClN2S/c1-16(6-8-4-12(13)17-7-8)11-3-2-9(14)5-10(11)15/h2-5,7H,6,15H2,1H3. The molecule has 1 aromatic carbocycles. The summed E-state index contributed by atoms with van der Waals surface area (Å²) in [6, 6.07) is 7.69. The van der Waals surface area contributed by atoms with Crippen LogP contribution < -0.4 is 10.6 Å². The second-order valence-corrected chi connectivity index (χ2v) is 6.55. The first-order valence-corrected chi connectivity index (χ1v) is 7.10. The molecule has 0 radical (unpaired) electrons. The average molecular weight is 332 g/mol. The van der Waals surface area contributed by atoms with Crippen molar-refractivity contribution in [3.05, 3.63) is 44.0 Å². The number of nitrogens with zero attached hydrogens (tertiary/aromatic N) is 1. The number of rotatable bonds is 3. The van der Waals surface area contributed by atoms with E-state index in [0.29, 0.717) is 10.7 Å². The third-order valence-electron chi connectivity index (χ3n) is 2.44. The van der Waals surface area contributed by atoms with Gasteiger partial charge in [0, 0.05) is 18.6 Å². The molecule has 0 saturated heterocycles. The van der Waals surface area contributed by atoms with Crippen molar-refractivity contribution in [3.63, 3.8) is 0 Å². The van der Waals surface area contributed by atoms with Gasteiger partial charge in [-0.05, 0) is 51.1 Å². The van der Waals surface area contributed by atoms with Gasteiger partial charge in [0.2, 0.25) is 0 Å². The molecular formula is C12H12BrClN2S. The summed E-state index contributed by atoms with van der Waals surface area (Å²) in [5, 5.41) is 2.80. The number of nitrogen functional groups attached to an aromatic ring is 1. The predicted octanol–water partition coefficient (Wildman–Crippen LogP) is 4.38. The second-order valence-electron chi connectivity index (χ2n) is 3.82. The molecule has 0 aliphatic heterocycles. The molecule has 1 heterocycles. The number of thiophene rings is 1. The number of hydrogen-bond donors (Lipinski definition) is 1. The van der Waals surface area contributed by atoms with Crippen molar-refractivity contribution in [2.24, 2.45) is 0 Å². The van der Waals surface area contributed by atoms with Crippen LogP contribution in [0, 0.1) is 0 Å². The zero-order valence-corrected chi connectivity index (χ0v) is 12.4. The molecule has 0 spiro atoms. The summed E-state index contributed by atoms with van der Waals surface area (Å²) in [6.45, 7) is 0.827. The first kappa shape index (κ1) is 12.7. The molecule has 0 aliphatic carbocycles. The van der Waals surface area contributed by atoms with Gasteiger partial charge in [-0.15, -0.1) is 11.3 Å². The highest BCUT2D eigenvalue weighted by molar-refractivity contribution is 9.11. The number of hydrogen-bond acceptors (Lipinski definition) is 3. The van der Waals surface area contributed by atoms with Crippen LogP contribution in [-0.2, 0) is 6.54 Å². The number of nitrogens with two attached hydrogens (primary N) is 1. The first-order valence-electron chi connectivity index (χ1n) is 5.05. The van der Waals surface area contributed by atoms with Crippen molar-refractivity contribution < 1.29 is 0 Å². The van der Waals surface area contributed by atoms with Crippen molar-refractivity contribution in [2.45, 2.75) is 6.54 Å². The fourth-order valence-corrected chi connectivity index (χ4v) is 3.04. The van der Waals surface area contributed by atoms with Gasteiger partial charge in [0.05, 0.1) is 15.2 Å². The van der Waals surface area contributed by atoms with Crippen LogP contribution in [0.1, 0.15) is 5.56 Å². The Morgan fingerprint density at radius 3 is 2.76 bits per heavy atom. The molecule has 2 aromatic rings. The number of anilines is 2. The molecule has 0 aliphatic rings. The van der Waals surface area contributed by atoms with E-state index in [4.69, 9.17) is 17.3 Å². The van der Waals surface area contributed by atoms with Crippen molar-refractivity contribution in [1.82, 2.24) is 0 Å². The van der Waals surface area contributed by atoms with E-state index in [1.54, 1.807) is 17.4 Å². The Morgan fingerprint density at radius 2 is 2.18 bits per heavy atom. The Morgan fingerprint density at radius 1 is 1.41 bits per heavy atom. The average Bonchev–Trinajstić information content (AvgIpc) is 2.63. The van der Waals surface area contributed by atoms with Crippen molar-refractivity contribution in [3.8, 4) is 0 Å². The van der Waals surface area contributed by atoms with Crippen molar-refractivity contribution in [2.75, 3.05) is 17.7 Å².